The molecular weight excluding hydrogens is 494 g/mol. The fourth-order valence-electron chi connectivity index (χ4n) is 7.76. The molecule has 4 fully saturated rings. The predicted octanol–water partition coefficient (Wildman–Crippen LogP) is 3.31. The molecule has 1 saturated carbocycles. The van der Waals surface area contributed by atoms with Gasteiger partial charge in [0.1, 0.15) is 11.6 Å². The Morgan fingerprint density at radius 3 is 2.41 bits per heavy atom. The molecule has 39 heavy (non-hydrogen) atoms. The summed E-state index contributed by atoms with van der Waals surface area (Å²) in [4.78, 5) is 47.9. The standard InChI is InChI=1S/C31H41N3O5/c1-4-18-32(22-12-8-6-9-13-22)27(36)24-25-28(37)34(20-21-35)26(31(25)17-16-30(24,3)39-31)29(38)33(19-5-2)23-14-10-7-11-15-23/h4-6,8-9,12-13,23-26,35H,1-2,7,10-11,14-21H2,3H3/t24-,25+,26?,30+,31?/m1/s1. The van der Waals surface area contributed by atoms with E-state index >= 15 is 0 Å². The summed E-state index contributed by atoms with van der Waals surface area (Å²) in [7, 11) is 0. The van der Waals surface area contributed by atoms with E-state index in [4.69, 9.17) is 4.74 Å². The molecule has 5 atom stereocenters. The SMILES string of the molecule is C=CCN(C(=O)[C@H]1[C@H]2C(=O)N(CCO)C(C(=O)N(CC=C)C3CCCCC3)C23CC[C@]1(C)O3)c1ccccc1. The molecule has 1 aromatic carbocycles. The van der Waals surface area contributed by atoms with Gasteiger partial charge in [-0.15, -0.1) is 13.2 Å². The summed E-state index contributed by atoms with van der Waals surface area (Å²) in [6.45, 7) is 10.1. The van der Waals surface area contributed by atoms with E-state index in [0.29, 0.717) is 25.9 Å². The Bertz CT molecular complexity index is 1120. The fraction of sp³-hybridized carbons (Fsp3) is 0.581. The summed E-state index contributed by atoms with van der Waals surface area (Å²) in [6, 6.07) is 8.57. The second kappa shape index (κ2) is 10.9. The van der Waals surface area contributed by atoms with Gasteiger partial charge in [-0.05, 0) is 44.7 Å². The van der Waals surface area contributed by atoms with Crippen molar-refractivity contribution in [3.05, 3.63) is 55.6 Å². The van der Waals surface area contributed by atoms with Crippen molar-refractivity contribution in [3.8, 4) is 0 Å². The van der Waals surface area contributed by atoms with E-state index in [1.807, 2.05) is 42.2 Å². The van der Waals surface area contributed by atoms with Gasteiger partial charge in [0.15, 0.2) is 0 Å². The van der Waals surface area contributed by atoms with Crippen LogP contribution in [0.5, 0.6) is 0 Å². The minimum atomic E-state index is -1.11. The van der Waals surface area contributed by atoms with Gasteiger partial charge in [0, 0.05) is 31.4 Å². The van der Waals surface area contributed by atoms with Crippen molar-refractivity contribution in [3.63, 3.8) is 0 Å². The normalized spacial score (nSPS) is 31.7. The van der Waals surface area contributed by atoms with Crippen molar-refractivity contribution in [2.75, 3.05) is 31.1 Å². The van der Waals surface area contributed by atoms with Crippen LogP contribution in [0.2, 0.25) is 0 Å². The first-order chi connectivity index (χ1) is 18.8. The van der Waals surface area contributed by atoms with Gasteiger partial charge in [0.2, 0.25) is 17.7 Å². The number of amides is 3. The zero-order chi connectivity index (χ0) is 27.8. The van der Waals surface area contributed by atoms with Gasteiger partial charge in [-0.3, -0.25) is 14.4 Å². The maximum absolute atomic E-state index is 14.4. The Morgan fingerprint density at radius 1 is 1.08 bits per heavy atom. The van der Waals surface area contributed by atoms with Crippen molar-refractivity contribution in [1.82, 2.24) is 9.80 Å². The number of aliphatic hydroxyl groups excluding tert-OH is 1. The quantitative estimate of drug-likeness (QED) is 0.465. The number of anilines is 1. The van der Waals surface area contributed by atoms with Crippen LogP contribution in [0.1, 0.15) is 51.9 Å². The van der Waals surface area contributed by atoms with Crippen LogP contribution in [0.4, 0.5) is 5.69 Å². The van der Waals surface area contributed by atoms with Gasteiger partial charge in [-0.25, -0.2) is 0 Å². The number of para-hydroxylation sites is 1. The van der Waals surface area contributed by atoms with E-state index in [-0.39, 0.29) is 36.9 Å². The molecule has 1 aliphatic carbocycles. The predicted molar refractivity (Wildman–Crippen MR) is 149 cm³/mol. The van der Waals surface area contributed by atoms with Gasteiger partial charge in [-0.1, -0.05) is 49.6 Å². The van der Waals surface area contributed by atoms with Crippen molar-refractivity contribution >= 4 is 23.4 Å². The molecule has 1 N–H and O–H groups in total. The summed E-state index contributed by atoms with van der Waals surface area (Å²) in [5.74, 6) is -2.18. The fourth-order valence-corrected chi connectivity index (χ4v) is 7.76. The van der Waals surface area contributed by atoms with Crippen molar-refractivity contribution < 1.29 is 24.2 Å². The largest absolute Gasteiger partial charge is 0.395 e. The monoisotopic (exact) mass is 535 g/mol. The second-order valence-electron chi connectivity index (χ2n) is 11.6. The van der Waals surface area contributed by atoms with Crippen LogP contribution in [0, 0.1) is 11.8 Å². The number of ether oxygens (including phenoxy) is 1. The molecule has 8 heteroatoms. The van der Waals surface area contributed by atoms with Crippen LogP contribution < -0.4 is 4.90 Å². The molecule has 1 spiro atoms. The van der Waals surface area contributed by atoms with Crippen LogP contribution in [-0.2, 0) is 19.1 Å². The first-order valence-corrected chi connectivity index (χ1v) is 14.3. The summed E-state index contributed by atoms with van der Waals surface area (Å²) in [5.41, 5.74) is -1.25. The second-order valence-corrected chi connectivity index (χ2v) is 11.6. The molecule has 2 bridgehead atoms. The highest BCUT2D eigenvalue weighted by Gasteiger charge is 2.78. The number of likely N-dealkylation sites (tertiary alicyclic amines) is 1. The highest BCUT2D eigenvalue weighted by molar-refractivity contribution is 6.03. The highest BCUT2D eigenvalue weighted by atomic mass is 16.5. The lowest BCUT2D eigenvalue weighted by Crippen LogP contribution is -2.58. The van der Waals surface area contributed by atoms with E-state index in [0.717, 1.165) is 37.8 Å². The molecule has 1 aromatic rings. The van der Waals surface area contributed by atoms with Gasteiger partial charge in [0.05, 0.1) is 24.0 Å². The lowest BCUT2D eigenvalue weighted by atomic mass is 9.66. The lowest BCUT2D eigenvalue weighted by molar-refractivity contribution is -0.153. The minimum absolute atomic E-state index is 0.0239. The maximum Gasteiger partial charge on any atom is 0.248 e. The minimum Gasteiger partial charge on any atom is -0.395 e. The number of hydrogen-bond acceptors (Lipinski definition) is 5. The number of rotatable bonds is 10. The number of carbonyl (C=O) groups is 3. The van der Waals surface area contributed by atoms with Crippen LogP contribution >= 0.6 is 0 Å². The van der Waals surface area contributed by atoms with Crippen LogP contribution in [0.3, 0.4) is 0 Å². The topological polar surface area (TPSA) is 90.4 Å². The number of carbonyl (C=O) groups excluding carboxylic acids is 3. The number of benzene rings is 1. The molecule has 5 rings (SSSR count). The number of aliphatic hydroxyl groups is 1. The Morgan fingerprint density at radius 2 is 1.77 bits per heavy atom. The average Bonchev–Trinajstić information content (AvgIpc) is 3.51. The van der Waals surface area contributed by atoms with Crippen molar-refractivity contribution in [1.29, 1.82) is 0 Å². The molecule has 0 radical (unpaired) electrons. The molecular formula is C31H41N3O5. The maximum atomic E-state index is 14.4. The Kier molecular flexibility index (Phi) is 7.71. The summed E-state index contributed by atoms with van der Waals surface area (Å²) in [5, 5.41) is 9.94. The zero-order valence-corrected chi connectivity index (χ0v) is 23.0. The van der Waals surface area contributed by atoms with E-state index in [1.165, 1.54) is 4.90 Å². The van der Waals surface area contributed by atoms with E-state index < -0.39 is 29.1 Å². The molecule has 3 amide bonds. The van der Waals surface area contributed by atoms with Crippen molar-refractivity contribution in [2.24, 2.45) is 11.8 Å². The molecule has 3 saturated heterocycles. The Balaban J connectivity index is 1.54. The molecule has 3 aliphatic heterocycles. The van der Waals surface area contributed by atoms with Gasteiger partial charge < -0.3 is 24.5 Å². The Hall–Kier alpha value is -2.97. The van der Waals surface area contributed by atoms with Crippen LogP contribution in [0.15, 0.2) is 55.6 Å². The third kappa shape index (κ3) is 4.42. The number of β-amino-alcohol motifs (C(OH)–C–C–N with tert-alkyl or cyclic N) is 1. The molecule has 210 valence electrons. The van der Waals surface area contributed by atoms with Gasteiger partial charge >= 0.3 is 0 Å². The average molecular weight is 536 g/mol. The van der Waals surface area contributed by atoms with Gasteiger partial charge in [0.25, 0.3) is 0 Å². The number of hydrogen-bond donors (Lipinski definition) is 1. The highest BCUT2D eigenvalue weighted by Crippen LogP contribution is 2.63. The summed E-state index contributed by atoms with van der Waals surface area (Å²) >= 11 is 0. The molecule has 4 aliphatic rings. The van der Waals surface area contributed by atoms with Crippen LogP contribution in [0.25, 0.3) is 0 Å². The molecule has 8 nitrogen and oxygen atoms in total. The zero-order valence-electron chi connectivity index (χ0n) is 23.0. The van der Waals surface area contributed by atoms with Crippen molar-refractivity contribution in [2.45, 2.75) is 75.2 Å². The third-order valence-corrected chi connectivity index (χ3v) is 9.39. The van der Waals surface area contributed by atoms with E-state index in [9.17, 15) is 19.5 Å². The van der Waals surface area contributed by atoms with E-state index in [1.54, 1.807) is 17.1 Å². The lowest BCUT2D eigenvalue weighted by Gasteiger charge is -2.40. The summed E-state index contributed by atoms with van der Waals surface area (Å²) < 4.78 is 6.77. The summed E-state index contributed by atoms with van der Waals surface area (Å²) in [6.07, 6.45) is 9.63. The molecule has 3 heterocycles. The first kappa shape index (κ1) is 27.6. The van der Waals surface area contributed by atoms with Crippen LogP contribution in [-0.4, -0.2) is 82.2 Å². The molecule has 0 aromatic heterocycles. The third-order valence-electron chi connectivity index (χ3n) is 9.39. The number of nitrogens with zero attached hydrogens (tertiary/aromatic N) is 3. The van der Waals surface area contributed by atoms with Gasteiger partial charge in [-0.2, -0.15) is 0 Å². The smallest absolute Gasteiger partial charge is 0.248 e. The Labute approximate surface area is 231 Å². The van der Waals surface area contributed by atoms with E-state index in [2.05, 4.69) is 13.2 Å². The number of fused-ring (bicyclic) bond motifs is 1. The molecule has 2 unspecified atom stereocenters. The first-order valence-electron chi connectivity index (χ1n) is 14.3.